The summed E-state index contributed by atoms with van der Waals surface area (Å²) >= 11 is 1.80. The molecule has 0 spiro atoms. The largest absolute Gasteiger partial charge is 0.375 e. The normalized spacial score (nSPS) is 12.4. The van der Waals surface area contributed by atoms with Crippen LogP contribution in [-0.2, 0) is 11.2 Å². The van der Waals surface area contributed by atoms with Crippen molar-refractivity contribution in [3.8, 4) is 0 Å². The Kier molecular flexibility index (Phi) is 10.8. The number of nitrogens with one attached hydrogen (secondary N) is 1. The summed E-state index contributed by atoms with van der Waals surface area (Å²) < 4.78 is 5.61. The Morgan fingerprint density at radius 1 is 1.24 bits per heavy atom. The molecule has 0 amide bonds. The second-order valence-corrected chi connectivity index (χ2v) is 6.61. The molecule has 6 heteroatoms. The fourth-order valence-electron chi connectivity index (χ4n) is 2.46. The maximum atomic E-state index is 5.61. The van der Waals surface area contributed by atoms with Gasteiger partial charge in [0.25, 0.3) is 0 Å². The zero-order valence-electron chi connectivity index (χ0n) is 15.1. The maximum absolute atomic E-state index is 5.61. The summed E-state index contributed by atoms with van der Waals surface area (Å²) in [6, 6.07) is 14.5. The van der Waals surface area contributed by atoms with Crippen molar-refractivity contribution in [2.45, 2.75) is 19.4 Å². The van der Waals surface area contributed by atoms with Crippen molar-refractivity contribution in [1.29, 1.82) is 0 Å². The molecule has 0 aliphatic rings. The highest BCUT2D eigenvalue weighted by Crippen LogP contribution is 2.16. The molecular weight excluding hydrogens is 445 g/mol. The molecule has 1 atom stereocenters. The van der Waals surface area contributed by atoms with Crippen LogP contribution in [0.15, 0.2) is 52.8 Å². The number of hydrogen-bond acceptors (Lipinski definition) is 3. The van der Waals surface area contributed by atoms with Gasteiger partial charge in [0.05, 0.1) is 6.54 Å². The fraction of sp³-hybridized carbons (Fsp3) is 0.421. The molecule has 4 nitrogen and oxygen atoms in total. The Balaban J connectivity index is 0.00000312. The number of likely N-dealkylation sites (N-methyl/N-ethyl adjacent to an activating group) is 1. The molecule has 1 aromatic heterocycles. The van der Waals surface area contributed by atoms with Crippen LogP contribution in [0.3, 0.4) is 0 Å². The molecular formula is C19H28IN3OS. The van der Waals surface area contributed by atoms with E-state index in [0.29, 0.717) is 6.54 Å². The van der Waals surface area contributed by atoms with Crippen LogP contribution in [-0.4, -0.2) is 44.7 Å². The number of ether oxygens (including phenoxy) is 1. The molecule has 0 saturated heterocycles. The third-order valence-electron chi connectivity index (χ3n) is 3.83. The lowest BCUT2D eigenvalue weighted by molar-refractivity contribution is 0.110. The van der Waals surface area contributed by atoms with E-state index in [9.17, 15) is 0 Å². The molecule has 1 aromatic carbocycles. The average molecular weight is 473 g/mol. The Morgan fingerprint density at radius 3 is 2.60 bits per heavy atom. The van der Waals surface area contributed by atoms with E-state index in [1.807, 2.05) is 18.2 Å². The van der Waals surface area contributed by atoms with E-state index in [1.165, 1.54) is 4.88 Å². The van der Waals surface area contributed by atoms with Crippen LogP contribution in [0.4, 0.5) is 0 Å². The maximum Gasteiger partial charge on any atom is 0.193 e. The highest BCUT2D eigenvalue weighted by Gasteiger charge is 2.11. The first-order chi connectivity index (χ1) is 11.7. The SMILES string of the molecule is CCNC(=NCC(OC)c1ccccc1)N(C)CCc1cccs1.I. The summed E-state index contributed by atoms with van der Waals surface area (Å²) in [4.78, 5) is 8.35. The van der Waals surface area contributed by atoms with Crippen LogP contribution in [0.5, 0.6) is 0 Å². The summed E-state index contributed by atoms with van der Waals surface area (Å²) in [5, 5.41) is 5.49. The minimum Gasteiger partial charge on any atom is -0.375 e. The Labute approximate surface area is 172 Å². The zero-order valence-corrected chi connectivity index (χ0v) is 18.3. The minimum absolute atomic E-state index is 0. The molecule has 1 unspecified atom stereocenters. The van der Waals surface area contributed by atoms with Crippen LogP contribution in [0.25, 0.3) is 0 Å². The molecule has 2 aromatic rings. The number of rotatable bonds is 8. The lowest BCUT2D eigenvalue weighted by Gasteiger charge is -2.23. The second-order valence-electron chi connectivity index (χ2n) is 5.58. The van der Waals surface area contributed by atoms with E-state index in [1.54, 1.807) is 18.4 Å². The number of benzene rings is 1. The highest BCUT2D eigenvalue weighted by atomic mass is 127. The van der Waals surface area contributed by atoms with Crippen molar-refractivity contribution < 1.29 is 4.74 Å². The van der Waals surface area contributed by atoms with E-state index in [0.717, 1.165) is 31.0 Å². The van der Waals surface area contributed by atoms with E-state index >= 15 is 0 Å². The van der Waals surface area contributed by atoms with Crippen molar-refractivity contribution in [3.05, 3.63) is 58.3 Å². The molecule has 2 rings (SSSR count). The van der Waals surface area contributed by atoms with Crippen molar-refractivity contribution in [2.24, 2.45) is 4.99 Å². The van der Waals surface area contributed by atoms with Gasteiger partial charge < -0.3 is 15.0 Å². The van der Waals surface area contributed by atoms with Gasteiger partial charge in [0, 0.05) is 32.1 Å². The number of thiophene rings is 1. The summed E-state index contributed by atoms with van der Waals surface area (Å²) in [5.74, 6) is 0.923. The predicted octanol–water partition coefficient (Wildman–Crippen LogP) is 4.19. The van der Waals surface area contributed by atoms with Gasteiger partial charge in [0.2, 0.25) is 0 Å². The molecule has 1 N–H and O–H groups in total. The highest BCUT2D eigenvalue weighted by molar-refractivity contribution is 14.0. The third kappa shape index (κ3) is 7.33. The Hall–Kier alpha value is -1.12. The minimum atomic E-state index is -0.0226. The van der Waals surface area contributed by atoms with Gasteiger partial charge in [0.1, 0.15) is 6.10 Å². The van der Waals surface area contributed by atoms with Crippen molar-refractivity contribution in [1.82, 2.24) is 10.2 Å². The number of halogens is 1. The quantitative estimate of drug-likeness (QED) is 0.355. The molecule has 0 fully saturated rings. The molecule has 1 heterocycles. The molecule has 138 valence electrons. The first-order valence-electron chi connectivity index (χ1n) is 8.34. The second kappa shape index (κ2) is 12.3. The molecule has 0 radical (unpaired) electrons. The number of methoxy groups -OCH3 is 1. The average Bonchev–Trinajstić information content (AvgIpc) is 3.13. The first kappa shape index (κ1) is 21.9. The third-order valence-corrected chi connectivity index (χ3v) is 4.77. The predicted molar refractivity (Wildman–Crippen MR) is 118 cm³/mol. The van der Waals surface area contributed by atoms with Gasteiger partial charge in [-0.25, -0.2) is 0 Å². The van der Waals surface area contributed by atoms with Crippen molar-refractivity contribution in [3.63, 3.8) is 0 Å². The lowest BCUT2D eigenvalue weighted by atomic mass is 10.1. The van der Waals surface area contributed by atoms with Crippen molar-refractivity contribution >= 4 is 41.3 Å². The Morgan fingerprint density at radius 2 is 2.00 bits per heavy atom. The van der Waals surface area contributed by atoms with E-state index in [-0.39, 0.29) is 30.1 Å². The van der Waals surface area contributed by atoms with Crippen LogP contribution in [0.2, 0.25) is 0 Å². The molecule has 0 bridgehead atoms. The van der Waals surface area contributed by atoms with Gasteiger partial charge >= 0.3 is 0 Å². The van der Waals surface area contributed by atoms with Gasteiger partial charge in [-0.15, -0.1) is 35.3 Å². The van der Waals surface area contributed by atoms with Gasteiger partial charge in [0.15, 0.2) is 5.96 Å². The lowest BCUT2D eigenvalue weighted by Crippen LogP contribution is -2.40. The van der Waals surface area contributed by atoms with Gasteiger partial charge in [-0.3, -0.25) is 4.99 Å². The topological polar surface area (TPSA) is 36.9 Å². The molecule has 0 aliphatic heterocycles. The van der Waals surface area contributed by atoms with Gasteiger partial charge in [-0.2, -0.15) is 0 Å². The number of hydrogen-bond donors (Lipinski definition) is 1. The fourth-order valence-corrected chi connectivity index (χ4v) is 3.16. The molecule has 0 saturated carbocycles. The first-order valence-corrected chi connectivity index (χ1v) is 9.22. The van der Waals surface area contributed by atoms with Crippen LogP contribution in [0, 0.1) is 0 Å². The van der Waals surface area contributed by atoms with E-state index < -0.39 is 0 Å². The smallest absolute Gasteiger partial charge is 0.193 e. The summed E-state index contributed by atoms with van der Waals surface area (Å²) in [7, 11) is 3.82. The zero-order chi connectivity index (χ0) is 17.2. The van der Waals surface area contributed by atoms with Crippen LogP contribution in [0.1, 0.15) is 23.5 Å². The van der Waals surface area contributed by atoms with Gasteiger partial charge in [-0.1, -0.05) is 36.4 Å². The molecule has 0 aliphatic carbocycles. The summed E-state index contributed by atoms with van der Waals surface area (Å²) in [5.41, 5.74) is 1.15. The summed E-state index contributed by atoms with van der Waals surface area (Å²) in [6.07, 6.45) is 1.01. The van der Waals surface area contributed by atoms with E-state index in [4.69, 9.17) is 9.73 Å². The monoisotopic (exact) mass is 473 g/mol. The summed E-state index contributed by atoms with van der Waals surface area (Å²) in [6.45, 7) is 4.49. The molecule has 25 heavy (non-hydrogen) atoms. The van der Waals surface area contributed by atoms with Crippen LogP contribution >= 0.6 is 35.3 Å². The van der Waals surface area contributed by atoms with Gasteiger partial charge in [-0.05, 0) is 30.4 Å². The van der Waals surface area contributed by atoms with Crippen LogP contribution < -0.4 is 5.32 Å². The number of guanidine groups is 1. The van der Waals surface area contributed by atoms with E-state index in [2.05, 4.69) is 53.8 Å². The Bertz CT molecular complexity index is 604. The number of nitrogens with zero attached hydrogens (tertiary/aromatic N) is 2. The van der Waals surface area contributed by atoms with Crippen molar-refractivity contribution in [2.75, 3.05) is 33.8 Å². The standard InChI is InChI=1S/C19H27N3OS.HI/c1-4-20-19(22(2)13-12-17-11-8-14-24-17)21-15-18(23-3)16-9-6-5-7-10-16;/h5-11,14,18H,4,12-13,15H2,1-3H3,(H,20,21);1H. The number of aliphatic imine (C=N–C) groups is 1.